The van der Waals surface area contributed by atoms with Gasteiger partial charge in [0, 0.05) is 25.0 Å². The topological polar surface area (TPSA) is 105 Å². The Bertz CT molecular complexity index is 547. The molecule has 1 aromatic rings. The van der Waals surface area contributed by atoms with Crippen LogP contribution in [0.1, 0.15) is 31.0 Å². The van der Waals surface area contributed by atoms with Crippen molar-refractivity contribution < 1.29 is 8.42 Å². The van der Waals surface area contributed by atoms with Crippen LogP contribution < -0.4 is 10.6 Å². The van der Waals surface area contributed by atoms with Crippen LogP contribution in [0.4, 0.5) is 5.95 Å². The normalized spacial score (nSPS) is 27.8. The maximum absolute atomic E-state index is 11.5. The molecule has 0 spiro atoms. The monoisotopic (exact) mass is 285 g/mol. The summed E-state index contributed by atoms with van der Waals surface area (Å²) in [7, 11) is -2.88. The Kier molecular flexibility index (Phi) is 3.22. The van der Waals surface area contributed by atoms with Crippen molar-refractivity contribution in [3.05, 3.63) is 5.82 Å². The third kappa shape index (κ3) is 2.74. The molecular weight excluding hydrogens is 266 g/mol. The number of H-pyrrole nitrogens is 1. The van der Waals surface area contributed by atoms with E-state index in [1.165, 1.54) is 0 Å². The Labute approximate surface area is 112 Å². The van der Waals surface area contributed by atoms with Crippen molar-refractivity contribution in [1.29, 1.82) is 0 Å². The van der Waals surface area contributed by atoms with E-state index in [-0.39, 0.29) is 23.5 Å². The first-order valence-corrected chi connectivity index (χ1v) is 8.49. The molecule has 0 aromatic carbocycles. The highest BCUT2D eigenvalue weighted by Crippen LogP contribution is 2.27. The number of nitrogens with two attached hydrogens (primary N) is 1. The second-order valence-corrected chi connectivity index (χ2v) is 7.67. The van der Waals surface area contributed by atoms with Gasteiger partial charge in [0.2, 0.25) is 5.95 Å². The van der Waals surface area contributed by atoms with E-state index >= 15 is 0 Å². The summed E-state index contributed by atoms with van der Waals surface area (Å²) in [5.41, 5.74) is 5.87. The first kappa shape index (κ1) is 12.9. The van der Waals surface area contributed by atoms with Crippen molar-refractivity contribution in [1.82, 2.24) is 15.2 Å². The fraction of sp³-hybridized carbons (Fsp3) is 0.818. The predicted octanol–water partition coefficient (Wildman–Crippen LogP) is -0.366. The summed E-state index contributed by atoms with van der Waals surface area (Å²) in [5, 5.41) is 7.11. The molecule has 0 radical (unpaired) electrons. The van der Waals surface area contributed by atoms with E-state index in [4.69, 9.17) is 5.73 Å². The summed E-state index contributed by atoms with van der Waals surface area (Å²) in [6.07, 6.45) is 2.53. The van der Waals surface area contributed by atoms with E-state index in [0.717, 1.165) is 25.9 Å². The van der Waals surface area contributed by atoms with Gasteiger partial charge in [0.05, 0.1) is 11.5 Å². The largest absolute Gasteiger partial charge is 0.339 e. The molecule has 19 heavy (non-hydrogen) atoms. The van der Waals surface area contributed by atoms with Gasteiger partial charge in [-0.25, -0.2) is 8.42 Å². The van der Waals surface area contributed by atoms with Crippen molar-refractivity contribution in [2.45, 2.75) is 31.2 Å². The number of nitrogens with zero attached hydrogens (tertiary/aromatic N) is 3. The fourth-order valence-corrected chi connectivity index (χ4v) is 4.45. The van der Waals surface area contributed by atoms with Crippen LogP contribution in [-0.4, -0.2) is 54.2 Å². The molecule has 0 amide bonds. The molecule has 7 nitrogen and oxygen atoms in total. The molecule has 0 saturated carbocycles. The van der Waals surface area contributed by atoms with Crippen molar-refractivity contribution in [3.8, 4) is 0 Å². The lowest BCUT2D eigenvalue weighted by Crippen LogP contribution is -2.40. The average Bonchev–Trinajstić information content (AvgIpc) is 2.96. The number of piperidine rings is 1. The number of anilines is 1. The molecule has 3 rings (SSSR count). The highest BCUT2D eigenvalue weighted by atomic mass is 32.2. The molecule has 0 aliphatic carbocycles. The summed E-state index contributed by atoms with van der Waals surface area (Å²) in [5.74, 6) is 1.79. The second kappa shape index (κ2) is 4.75. The highest BCUT2D eigenvalue weighted by Gasteiger charge is 2.32. The van der Waals surface area contributed by atoms with Crippen molar-refractivity contribution in [2.24, 2.45) is 5.73 Å². The molecule has 2 aliphatic rings. The van der Waals surface area contributed by atoms with Gasteiger partial charge in [-0.15, -0.1) is 5.10 Å². The molecule has 0 bridgehead atoms. The van der Waals surface area contributed by atoms with Crippen LogP contribution in [0.3, 0.4) is 0 Å². The molecule has 2 fully saturated rings. The summed E-state index contributed by atoms with van der Waals surface area (Å²) in [4.78, 5) is 6.56. The third-order valence-corrected chi connectivity index (χ3v) is 5.70. The first-order chi connectivity index (χ1) is 9.03. The lowest BCUT2D eigenvalue weighted by atomic mass is 10.1. The lowest BCUT2D eigenvalue weighted by Gasteiger charge is -2.28. The molecule has 3 N–H and O–H groups in total. The number of hydrogen-bond donors (Lipinski definition) is 2. The zero-order valence-corrected chi connectivity index (χ0v) is 11.6. The smallest absolute Gasteiger partial charge is 0.244 e. The van der Waals surface area contributed by atoms with Gasteiger partial charge in [-0.3, -0.25) is 5.10 Å². The molecular formula is C11H19N5O2S. The predicted molar refractivity (Wildman–Crippen MR) is 71.8 cm³/mol. The first-order valence-electron chi connectivity index (χ1n) is 6.67. The third-order valence-electron chi connectivity index (χ3n) is 3.93. The summed E-state index contributed by atoms with van der Waals surface area (Å²) in [6, 6.07) is 0.273. The summed E-state index contributed by atoms with van der Waals surface area (Å²) in [6.45, 7) is 1.73. The van der Waals surface area contributed by atoms with E-state index in [0.29, 0.717) is 18.2 Å². The van der Waals surface area contributed by atoms with Gasteiger partial charge in [0.1, 0.15) is 5.82 Å². The molecule has 1 unspecified atom stereocenters. The van der Waals surface area contributed by atoms with Gasteiger partial charge < -0.3 is 10.6 Å². The van der Waals surface area contributed by atoms with Crippen molar-refractivity contribution >= 4 is 15.8 Å². The standard InChI is InChI=1S/C11H19N5O2S/c12-9-1-4-16(5-2-9)11-13-10(14-15-11)8-3-6-19(17,18)7-8/h8-9H,1-7,12H2,(H,13,14,15). The van der Waals surface area contributed by atoms with Gasteiger partial charge in [-0.1, -0.05) is 0 Å². The Balaban J connectivity index is 1.70. The number of nitrogens with one attached hydrogen (secondary N) is 1. The fourth-order valence-electron chi connectivity index (χ4n) is 2.70. The van der Waals surface area contributed by atoms with Gasteiger partial charge in [0.25, 0.3) is 0 Å². The van der Waals surface area contributed by atoms with Crippen LogP contribution in [0.15, 0.2) is 0 Å². The minimum atomic E-state index is -2.88. The molecule has 3 heterocycles. The molecule has 2 saturated heterocycles. The Hall–Kier alpha value is -1.15. The van der Waals surface area contributed by atoms with Crippen LogP contribution in [0.5, 0.6) is 0 Å². The van der Waals surface area contributed by atoms with Crippen LogP contribution in [-0.2, 0) is 9.84 Å². The number of rotatable bonds is 2. The van der Waals surface area contributed by atoms with E-state index in [1.807, 2.05) is 0 Å². The summed E-state index contributed by atoms with van der Waals surface area (Å²) >= 11 is 0. The van der Waals surface area contributed by atoms with E-state index in [2.05, 4.69) is 20.1 Å². The van der Waals surface area contributed by atoms with Gasteiger partial charge in [0.15, 0.2) is 9.84 Å². The minimum absolute atomic E-state index is 0.0294. The zero-order valence-electron chi connectivity index (χ0n) is 10.7. The molecule has 2 aliphatic heterocycles. The second-order valence-electron chi connectivity index (χ2n) is 5.45. The molecule has 1 atom stereocenters. The average molecular weight is 285 g/mol. The van der Waals surface area contributed by atoms with Crippen molar-refractivity contribution in [2.75, 3.05) is 29.5 Å². The Morgan fingerprint density at radius 3 is 2.63 bits per heavy atom. The minimum Gasteiger partial charge on any atom is -0.339 e. The van der Waals surface area contributed by atoms with Crippen LogP contribution in [0.25, 0.3) is 0 Å². The van der Waals surface area contributed by atoms with E-state index in [9.17, 15) is 8.42 Å². The van der Waals surface area contributed by atoms with Crippen LogP contribution in [0.2, 0.25) is 0 Å². The van der Waals surface area contributed by atoms with E-state index < -0.39 is 9.84 Å². The molecule has 106 valence electrons. The van der Waals surface area contributed by atoms with E-state index in [1.54, 1.807) is 0 Å². The molecule has 8 heteroatoms. The Morgan fingerprint density at radius 2 is 2.00 bits per heavy atom. The Morgan fingerprint density at radius 1 is 1.26 bits per heavy atom. The maximum Gasteiger partial charge on any atom is 0.244 e. The van der Waals surface area contributed by atoms with Crippen molar-refractivity contribution in [3.63, 3.8) is 0 Å². The number of aromatic amines is 1. The van der Waals surface area contributed by atoms with Crippen LogP contribution in [0, 0.1) is 0 Å². The van der Waals surface area contributed by atoms with Gasteiger partial charge >= 0.3 is 0 Å². The lowest BCUT2D eigenvalue weighted by molar-refractivity contribution is 0.496. The maximum atomic E-state index is 11.5. The number of sulfone groups is 1. The zero-order chi connectivity index (χ0) is 13.5. The quantitative estimate of drug-likeness (QED) is 0.768. The number of hydrogen-bond acceptors (Lipinski definition) is 6. The SMILES string of the molecule is NC1CCN(c2n[nH]c(C3CCS(=O)(=O)C3)n2)CC1. The summed E-state index contributed by atoms with van der Waals surface area (Å²) < 4.78 is 22.9. The van der Waals surface area contributed by atoms with Gasteiger partial charge in [-0.05, 0) is 19.3 Å². The number of aromatic nitrogens is 3. The molecule has 1 aromatic heterocycles. The van der Waals surface area contributed by atoms with Gasteiger partial charge in [-0.2, -0.15) is 4.98 Å². The highest BCUT2D eigenvalue weighted by molar-refractivity contribution is 7.91. The van der Waals surface area contributed by atoms with Crippen LogP contribution >= 0.6 is 0 Å².